The molecule has 0 aromatic carbocycles. The maximum atomic E-state index is 12.2. The Balaban J connectivity index is 1.32. The predicted octanol–water partition coefficient (Wildman–Crippen LogP) is 1.79. The van der Waals surface area contributed by atoms with Gasteiger partial charge in [0.05, 0.1) is 12.2 Å². The van der Waals surface area contributed by atoms with Crippen LogP contribution in [0.1, 0.15) is 18.5 Å². The number of unbranched alkanes of at least 4 members (excludes halogenated alkanes) is 1. The fourth-order valence-electron chi connectivity index (χ4n) is 3.03. The number of rotatable bonds is 8. The average molecular weight is 332 g/mol. The SMILES string of the molecule is FCCn1cc(CCCCN2CCN(c3ccccn3)CC2)nn1. The minimum atomic E-state index is -0.396. The van der Waals surface area contributed by atoms with E-state index in [9.17, 15) is 4.39 Å². The summed E-state index contributed by atoms with van der Waals surface area (Å²) in [6.45, 7) is 5.27. The van der Waals surface area contributed by atoms with Crippen molar-refractivity contribution in [3.8, 4) is 0 Å². The monoisotopic (exact) mass is 332 g/mol. The number of anilines is 1. The van der Waals surface area contributed by atoms with Crippen molar-refractivity contribution < 1.29 is 4.39 Å². The first-order valence-corrected chi connectivity index (χ1v) is 8.68. The topological polar surface area (TPSA) is 50.1 Å². The lowest BCUT2D eigenvalue weighted by Gasteiger charge is -2.35. The van der Waals surface area contributed by atoms with Crippen LogP contribution in [0, 0.1) is 0 Å². The Hall–Kier alpha value is -2.02. The first-order valence-electron chi connectivity index (χ1n) is 8.68. The van der Waals surface area contributed by atoms with E-state index in [1.165, 1.54) is 0 Å². The standard InChI is InChI=1S/C17H25FN6/c18-7-10-24-15-16(20-21-24)5-2-4-9-22-11-13-23(14-12-22)17-6-1-3-8-19-17/h1,3,6,8,15H,2,4-5,7,9-14H2. The molecular formula is C17H25FN6. The number of hydrogen-bond acceptors (Lipinski definition) is 5. The summed E-state index contributed by atoms with van der Waals surface area (Å²) in [7, 11) is 0. The number of alkyl halides is 1. The summed E-state index contributed by atoms with van der Waals surface area (Å²) in [5.74, 6) is 1.08. The lowest BCUT2D eigenvalue weighted by Crippen LogP contribution is -2.46. The molecule has 1 aliphatic rings. The van der Waals surface area contributed by atoms with Crippen LogP contribution in [0.4, 0.5) is 10.2 Å². The molecule has 1 fully saturated rings. The van der Waals surface area contributed by atoms with Crippen molar-refractivity contribution >= 4 is 5.82 Å². The molecule has 0 unspecified atom stereocenters. The minimum Gasteiger partial charge on any atom is -0.354 e. The van der Waals surface area contributed by atoms with Crippen LogP contribution < -0.4 is 4.90 Å². The quantitative estimate of drug-likeness (QED) is 0.690. The molecule has 6 nitrogen and oxygen atoms in total. The molecule has 0 radical (unpaired) electrons. The Morgan fingerprint density at radius 1 is 1.04 bits per heavy atom. The van der Waals surface area contributed by atoms with Crippen molar-refractivity contribution in [2.45, 2.75) is 25.8 Å². The molecule has 0 bridgehead atoms. The number of halogens is 1. The van der Waals surface area contributed by atoms with Gasteiger partial charge in [0.1, 0.15) is 12.5 Å². The molecule has 1 aliphatic heterocycles. The number of aryl methyl sites for hydroxylation is 2. The van der Waals surface area contributed by atoms with Crippen LogP contribution in [-0.2, 0) is 13.0 Å². The fraction of sp³-hybridized carbons (Fsp3) is 0.588. The fourth-order valence-corrected chi connectivity index (χ4v) is 3.03. The van der Waals surface area contributed by atoms with Crippen molar-refractivity contribution in [1.29, 1.82) is 0 Å². The number of piperazine rings is 1. The van der Waals surface area contributed by atoms with Crippen LogP contribution >= 0.6 is 0 Å². The summed E-state index contributed by atoms with van der Waals surface area (Å²) in [5, 5.41) is 8.00. The number of aromatic nitrogens is 4. The van der Waals surface area contributed by atoms with Crippen LogP contribution in [0.15, 0.2) is 30.6 Å². The molecule has 3 rings (SSSR count). The maximum Gasteiger partial charge on any atom is 0.128 e. The number of nitrogens with zero attached hydrogens (tertiary/aromatic N) is 6. The van der Waals surface area contributed by atoms with E-state index in [1.54, 1.807) is 4.68 Å². The second-order valence-corrected chi connectivity index (χ2v) is 6.14. The second kappa shape index (κ2) is 8.73. The number of hydrogen-bond donors (Lipinski definition) is 0. The van der Waals surface area contributed by atoms with E-state index in [-0.39, 0.29) is 0 Å². The Kier molecular flexibility index (Phi) is 6.12. The highest BCUT2D eigenvalue weighted by Gasteiger charge is 2.17. The molecule has 0 saturated carbocycles. The summed E-state index contributed by atoms with van der Waals surface area (Å²) < 4.78 is 13.8. The van der Waals surface area contributed by atoms with Crippen molar-refractivity contribution in [2.75, 3.05) is 44.3 Å². The molecule has 7 heteroatoms. The molecule has 0 aliphatic carbocycles. The third kappa shape index (κ3) is 4.74. The van der Waals surface area contributed by atoms with Crippen LogP contribution in [0.3, 0.4) is 0 Å². The smallest absolute Gasteiger partial charge is 0.128 e. The molecule has 0 N–H and O–H groups in total. The van der Waals surface area contributed by atoms with Gasteiger partial charge in [-0.05, 0) is 37.9 Å². The predicted molar refractivity (Wildman–Crippen MR) is 91.8 cm³/mol. The van der Waals surface area contributed by atoms with Crippen LogP contribution in [0.25, 0.3) is 0 Å². The van der Waals surface area contributed by atoms with E-state index >= 15 is 0 Å². The van der Waals surface area contributed by atoms with E-state index in [1.807, 2.05) is 24.5 Å². The van der Waals surface area contributed by atoms with Gasteiger partial charge in [-0.3, -0.25) is 4.90 Å². The van der Waals surface area contributed by atoms with Gasteiger partial charge < -0.3 is 4.90 Å². The van der Waals surface area contributed by atoms with Gasteiger partial charge in [0.25, 0.3) is 0 Å². The highest BCUT2D eigenvalue weighted by Crippen LogP contribution is 2.13. The average Bonchev–Trinajstić information content (AvgIpc) is 3.08. The zero-order valence-electron chi connectivity index (χ0n) is 14.0. The third-order valence-corrected chi connectivity index (χ3v) is 4.40. The first kappa shape index (κ1) is 16.8. The largest absolute Gasteiger partial charge is 0.354 e. The van der Waals surface area contributed by atoms with Gasteiger partial charge in [0.2, 0.25) is 0 Å². The Labute approximate surface area is 142 Å². The Bertz CT molecular complexity index is 594. The second-order valence-electron chi connectivity index (χ2n) is 6.14. The molecule has 0 atom stereocenters. The zero-order valence-corrected chi connectivity index (χ0v) is 14.0. The first-order chi connectivity index (χ1) is 11.8. The lowest BCUT2D eigenvalue weighted by molar-refractivity contribution is 0.252. The van der Waals surface area contributed by atoms with Crippen LogP contribution in [-0.4, -0.2) is 64.3 Å². The van der Waals surface area contributed by atoms with E-state index in [2.05, 4.69) is 31.2 Å². The summed E-state index contributed by atoms with van der Waals surface area (Å²) in [6.07, 6.45) is 6.87. The van der Waals surface area contributed by atoms with Gasteiger partial charge in [-0.25, -0.2) is 14.1 Å². The molecule has 0 spiro atoms. The lowest BCUT2D eigenvalue weighted by atomic mass is 10.2. The van der Waals surface area contributed by atoms with Crippen LogP contribution in [0.2, 0.25) is 0 Å². The highest BCUT2D eigenvalue weighted by atomic mass is 19.1. The van der Waals surface area contributed by atoms with Gasteiger partial charge in [0, 0.05) is 38.6 Å². The molecule has 2 aromatic heterocycles. The van der Waals surface area contributed by atoms with Crippen molar-refractivity contribution in [1.82, 2.24) is 24.9 Å². The zero-order chi connectivity index (χ0) is 16.6. The van der Waals surface area contributed by atoms with Gasteiger partial charge in [-0.2, -0.15) is 0 Å². The van der Waals surface area contributed by atoms with Crippen molar-refractivity contribution in [3.05, 3.63) is 36.3 Å². The minimum absolute atomic E-state index is 0.299. The Morgan fingerprint density at radius 2 is 1.92 bits per heavy atom. The molecule has 130 valence electrons. The normalized spacial score (nSPS) is 15.8. The van der Waals surface area contributed by atoms with Gasteiger partial charge >= 0.3 is 0 Å². The van der Waals surface area contributed by atoms with Gasteiger partial charge in [-0.1, -0.05) is 11.3 Å². The molecule has 0 amide bonds. The van der Waals surface area contributed by atoms with Crippen LogP contribution in [0.5, 0.6) is 0 Å². The highest BCUT2D eigenvalue weighted by molar-refractivity contribution is 5.38. The van der Waals surface area contributed by atoms with E-state index in [4.69, 9.17) is 0 Å². The maximum absolute atomic E-state index is 12.2. The van der Waals surface area contributed by atoms with Gasteiger partial charge in [-0.15, -0.1) is 5.10 Å². The summed E-state index contributed by atoms with van der Waals surface area (Å²) in [4.78, 5) is 9.28. The summed E-state index contributed by atoms with van der Waals surface area (Å²) in [5.41, 5.74) is 0.962. The summed E-state index contributed by atoms with van der Waals surface area (Å²) >= 11 is 0. The molecule has 24 heavy (non-hydrogen) atoms. The third-order valence-electron chi connectivity index (χ3n) is 4.40. The molecule has 2 aromatic rings. The Morgan fingerprint density at radius 3 is 2.67 bits per heavy atom. The van der Waals surface area contributed by atoms with E-state index in [0.29, 0.717) is 6.54 Å². The van der Waals surface area contributed by atoms with E-state index in [0.717, 1.165) is 63.5 Å². The molecule has 1 saturated heterocycles. The molecule has 3 heterocycles. The number of pyridine rings is 1. The van der Waals surface area contributed by atoms with Crippen molar-refractivity contribution in [3.63, 3.8) is 0 Å². The van der Waals surface area contributed by atoms with E-state index < -0.39 is 6.67 Å². The summed E-state index contributed by atoms with van der Waals surface area (Å²) in [6, 6.07) is 6.07. The molecular weight excluding hydrogens is 307 g/mol. The van der Waals surface area contributed by atoms with Crippen molar-refractivity contribution in [2.24, 2.45) is 0 Å². The van der Waals surface area contributed by atoms with Gasteiger partial charge in [0.15, 0.2) is 0 Å².